The molecule has 1 aromatic heterocycles. The van der Waals surface area contributed by atoms with Gasteiger partial charge in [-0.3, -0.25) is 4.79 Å². The molecule has 0 spiro atoms. The smallest absolute Gasteiger partial charge is 0.407 e. The molecule has 9 heteroatoms. The van der Waals surface area contributed by atoms with Crippen molar-refractivity contribution in [3.05, 3.63) is 35.7 Å². The van der Waals surface area contributed by atoms with Crippen molar-refractivity contribution >= 4 is 12.0 Å². The monoisotopic (exact) mass is 386 g/mol. The van der Waals surface area contributed by atoms with E-state index in [2.05, 4.69) is 20.8 Å². The van der Waals surface area contributed by atoms with Gasteiger partial charge < -0.3 is 15.0 Å². The Hall–Kier alpha value is -2.97. The number of amides is 2. The van der Waals surface area contributed by atoms with Crippen LogP contribution in [0.3, 0.4) is 0 Å². The second-order valence-electron chi connectivity index (χ2n) is 7.87. The maximum absolute atomic E-state index is 13.1. The predicted octanol–water partition coefficient (Wildman–Crippen LogP) is 2.10. The summed E-state index contributed by atoms with van der Waals surface area (Å²) >= 11 is 0. The largest absolute Gasteiger partial charge is 0.444 e. The zero-order valence-corrected chi connectivity index (χ0v) is 16.7. The van der Waals surface area contributed by atoms with E-state index in [9.17, 15) is 9.59 Å². The highest BCUT2D eigenvalue weighted by Gasteiger charge is 2.27. The normalized spacial score (nSPS) is 15.4. The van der Waals surface area contributed by atoms with Gasteiger partial charge in [0.05, 0.1) is 11.3 Å². The highest BCUT2D eigenvalue weighted by molar-refractivity contribution is 5.97. The number of para-hydroxylation sites is 1. The Labute approximate surface area is 164 Å². The molecule has 1 saturated heterocycles. The van der Waals surface area contributed by atoms with Crippen LogP contribution in [0, 0.1) is 6.92 Å². The van der Waals surface area contributed by atoms with Gasteiger partial charge in [-0.1, -0.05) is 12.1 Å². The summed E-state index contributed by atoms with van der Waals surface area (Å²) < 4.78 is 6.86. The van der Waals surface area contributed by atoms with Crippen LogP contribution in [0.25, 0.3) is 5.69 Å². The first-order chi connectivity index (χ1) is 13.2. The molecule has 9 nitrogen and oxygen atoms in total. The van der Waals surface area contributed by atoms with Crippen molar-refractivity contribution in [1.82, 2.24) is 30.4 Å². The molecule has 0 aliphatic carbocycles. The minimum atomic E-state index is -0.529. The molecule has 3 rings (SSSR count). The highest BCUT2D eigenvalue weighted by atomic mass is 16.6. The number of nitrogens with zero attached hydrogens (tertiary/aromatic N) is 5. The lowest BCUT2D eigenvalue weighted by Crippen LogP contribution is -2.47. The van der Waals surface area contributed by atoms with E-state index in [1.54, 1.807) is 22.6 Å². The lowest BCUT2D eigenvalue weighted by Gasteiger charge is -2.33. The van der Waals surface area contributed by atoms with Gasteiger partial charge in [0.25, 0.3) is 5.91 Å². The van der Waals surface area contributed by atoms with Gasteiger partial charge in [-0.2, -0.15) is 4.68 Å². The van der Waals surface area contributed by atoms with Crippen LogP contribution in [0.1, 0.15) is 49.8 Å². The van der Waals surface area contributed by atoms with Gasteiger partial charge in [-0.25, -0.2) is 4.79 Å². The van der Waals surface area contributed by atoms with Crippen LogP contribution in [0.2, 0.25) is 0 Å². The Kier molecular flexibility index (Phi) is 5.62. The van der Waals surface area contributed by atoms with Gasteiger partial charge >= 0.3 is 6.09 Å². The van der Waals surface area contributed by atoms with Crippen molar-refractivity contribution in [2.24, 2.45) is 0 Å². The van der Waals surface area contributed by atoms with Gasteiger partial charge in [0.2, 0.25) is 0 Å². The van der Waals surface area contributed by atoms with Crippen LogP contribution in [-0.4, -0.2) is 61.8 Å². The molecule has 1 aliphatic rings. The Morgan fingerprint density at radius 2 is 1.86 bits per heavy atom. The number of tetrazole rings is 1. The first kappa shape index (κ1) is 19.8. The Morgan fingerprint density at radius 1 is 1.18 bits per heavy atom. The third kappa shape index (κ3) is 4.65. The molecule has 150 valence electrons. The van der Waals surface area contributed by atoms with E-state index in [-0.39, 0.29) is 11.9 Å². The minimum Gasteiger partial charge on any atom is -0.444 e. The number of ether oxygens (including phenoxy) is 1. The summed E-state index contributed by atoms with van der Waals surface area (Å²) in [6.07, 6.45) is 0.936. The third-order valence-electron chi connectivity index (χ3n) is 4.49. The first-order valence-corrected chi connectivity index (χ1v) is 9.38. The van der Waals surface area contributed by atoms with Crippen LogP contribution in [0.5, 0.6) is 0 Å². The number of rotatable bonds is 3. The topological polar surface area (TPSA) is 102 Å². The molecule has 0 bridgehead atoms. The highest BCUT2D eigenvalue weighted by Crippen LogP contribution is 2.20. The molecule has 1 fully saturated rings. The van der Waals surface area contributed by atoms with Crippen molar-refractivity contribution in [3.63, 3.8) is 0 Å². The molecule has 0 saturated carbocycles. The Balaban J connectivity index is 1.64. The average molecular weight is 386 g/mol. The SMILES string of the molecule is Cc1nnnn1-c1ccccc1C(=O)N1CCC(NC(=O)OC(C)(C)C)CC1. The fourth-order valence-corrected chi connectivity index (χ4v) is 3.16. The standard InChI is InChI=1S/C19H26N6O3/c1-13-21-22-23-25(13)16-8-6-5-7-15(16)17(26)24-11-9-14(10-12-24)20-18(27)28-19(2,3)4/h5-8,14H,9-12H2,1-4H3,(H,20,27). The number of carbonyl (C=O) groups is 2. The molecule has 0 radical (unpaired) electrons. The number of hydrogen-bond acceptors (Lipinski definition) is 6. The first-order valence-electron chi connectivity index (χ1n) is 9.38. The summed E-state index contributed by atoms with van der Waals surface area (Å²) in [6, 6.07) is 7.28. The second kappa shape index (κ2) is 7.95. The molecule has 2 heterocycles. The molecule has 1 aromatic carbocycles. The maximum atomic E-state index is 13.1. The lowest BCUT2D eigenvalue weighted by molar-refractivity contribution is 0.0473. The zero-order valence-electron chi connectivity index (χ0n) is 16.7. The van der Waals surface area contributed by atoms with Crippen LogP contribution in [0.4, 0.5) is 4.79 Å². The van der Waals surface area contributed by atoms with Crippen molar-refractivity contribution in [2.45, 2.75) is 52.2 Å². The molecule has 2 aromatic rings. The molecule has 0 unspecified atom stereocenters. The number of piperidine rings is 1. The fourth-order valence-electron chi connectivity index (χ4n) is 3.16. The summed E-state index contributed by atoms with van der Waals surface area (Å²) in [6.45, 7) is 8.40. The Morgan fingerprint density at radius 3 is 2.46 bits per heavy atom. The molecular weight excluding hydrogens is 360 g/mol. The van der Waals surface area contributed by atoms with E-state index in [4.69, 9.17) is 4.74 Å². The zero-order chi connectivity index (χ0) is 20.3. The van der Waals surface area contributed by atoms with E-state index in [0.717, 1.165) is 0 Å². The molecule has 28 heavy (non-hydrogen) atoms. The van der Waals surface area contributed by atoms with Crippen LogP contribution in [0.15, 0.2) is 24.3 Å². The van der Waals surface area contributed by atoms with Crippen molar-refractivity contribution in [2.75, 3.05) is 13.1 Å². The summed E-state index contributed by atoms with van der Waals surface area (Å²) in [7, 11) is 0. The van der Waals surface area contributed by atoms with E-state index < -0.39 is 11.7 Å². The number of benzene rings is 1. The number of aromatic nitrogens is 4. The number of carbonyl (C=O) groups excluding carboxylic acids is 2. The summed E-state index contributed by atoms with van der Waals surface area (Å²) in [5, 5.41) is 14.4. The molecule has 1 N–H and O–H groups in total. The van der Waals surface area contributed by atoms with Gasteiger partial charge in [0.1, 0.15) is 5.60 Å². The number of alkyl carbamates (subject to hydrolysis) is 1. The van der Waals surface area contributed by atoms with E-state index in [1.165, 1.54) is 0 Å². The fraction of sp³-hybridized carbons (Fsp3) is 0.526. The van der Waals surface area contributed by atoms with E-state index >= 15 is 0 Å². The molecular formula is C19H26N6O3. The minimum absolute atomic E-state index is 0.00379. The second-order valence-corrected chi connectivity index (χ2v) is 7.87. The van der Waals surface area contributed by atoms with Gasteiger partial charge in [0.15, 0.2) is 5.82 Å². The lowest BCUT2D eigenvalue weighted by atomic mass is 10.0. The Bertz CT molecular complexity index is 849. The maximum Gasteiger partial charge on any atom is 0.407 e. The quantitative estimate of drug-likeness (QED) is 0.867. The van der Waals surface area contributed by atoms with Crippen molar-refractivity contribution in [3.8, 4) is 5.69 Å². The van der Waals surface area contributed by atoms with Gasteiger partial charge in [-0.15, -0.1) is 5.10 Å². The summed E-state index contributed by atoms with van der Waals surface area (Å²) in [5.74, 6) is 0.543. The number of aryl methyl sites for hydroxylation is 1. The average Bonchev–Trinajstić information content (AvgIpc) is 3.06. The summed E-state index contributed by atoms with van der Waals surface area (Å²) in [5.41, 5.74) is 0.680. The third-order valence-corrected chi connectivity index (χ3v) is 4.49. The van der Waals surface area contributed by atoms with Crippen LogP contribution < -0.4 is 5.32 Å². The van der Waals surface area contributed by atoms with Crippen molar-refractivity contribution < 1.29 is 14.3 Å². The molecule has 0 atom stereocenters. The number of hydrogen-bond donors (Lipinski definition) is 1. The van der Waals surface area contributed by atoms with E-state index in [0.29, 0.717) is 43.0 Å². The molecule has 2 amide bonds. The number of likely N-dealkylation sites (tertiary alicyclic amines) is 1. The number of nitrogens with one attached hydrogen (secondary N) is 1. The van der Waals surface area contributed by atoms with Crippen LogP contribution in [-0.2, 0) is 4.74 Å². The van der Waals surface area contributed by atoms with E-state index in [1.807, 2.05) is 39.0 Å². The van der Waals surface area contributed by atoms with Crippen LogP contribution >= 0.6 is 0 Å². The van der Waals surface area contributed by atoms with Gasteiger partial charge in [-0.05, 0) is 63.1 Å². The van der Waals surface area contributed by atoms with Crippen molar-refractivity contribution in [1.29, 1.82) is 0 Å². The predicted molar refractivity (Wildman–Crippen MR) is 102 cm³/mol. The van der Waals surface area contributed by atoms with Gasteiger partial charge in [0, 0.05) is 19.1 Å². The molecule has 1 aliphatic heterocycles. The summed E-state index contributed by atoms with van der Waals surface area (Å²) in [4.78, 5) is 26.8.